The fourth-order valence-corrected chi connectivity index (χ4v) is 4.11. The van der Waals surface area contributed by atoms with E-state index in [1.165, 1.54) is 37.4 Å². The van der Waals surface area contributed by atoms with Gasteiger partial charge in [0.1, 0.15) is 10.9 Å². The fraction of sp³-hybridized carbons (Fsp3) is 0.875. The summed E-state index contributed by atoms with van der Waals surface area (Å²) in [7, 11) is 0. The minimum absolute atomic E-state index is 0.136. The lowest BCUT2D eigenvalue weighted by Gasteiger charge is -2.27. The molecule has 0 aromatic carbocycles. The van der Waals surface area contributed by atoms with Crippen molar-refractivity contribution >= 4 is 23.7 Å². The number of carbonyl (C=O) groups excluding carboxylic acids is 2. The molecule has 2 heterocycles. The molecule has 4 atom stereocenters. The SMILES string of the molecule is CCCCCCCC[C@H]1OC(=O)[C@@H]2OC(=O)[C@](C)(SC)[C@H]12. The second-order valence-electron chi connectivity index (χ2n) is 6.19. The molecule has 0 amide bonds. The molecule has 0 unspecified atom stereocenters. The molecule has 5 heteroatoms. The molecule has 0 aliphatic carbocycles. The highest BCUT2D eigenvalue weighted by Gasteiger charge is 2.64. The van der Waals surface area contributed by atoms with E-state index < -0.39 is 10.9 Å². The molecule has 0 bridgehead atoms. The summed E-state index contributed by atoms with van der Waals surface area (Å²) in [5.41, 5.74) is 0. The highest BCUT2D eigenvalue weighted by Crippen LogP contribution is 2.48. The summed E-state index contributed by atoms with van der Waals surface area (Å²) in [6.07, 6.45) is 9.14. The third kappa shape index (κ3) is 3.22. The molecule has 4 nitrogen and oxygen atoms in total. The van der Waals surface area contributed by atoms with Crippen LogP contribution in [0.3, 0.4) is 0 Å². The largest absolute Gasteiger partial charge is 0.459 e. The number of carbonyl (C=O) groups is 2. The third-order valence-corrected chi connectivity index (χ3v) is 6.06. The number of cyclic esters (lactones) is 1. The maximum Gasteiger partial charge on any atom is 0.348 e. The number of esters is 2. The van der Waals surface area contributed by atoms with Gasteiger partial charge in [0.2, 0.25) is 6.10 Å². The van der Waals surface area contributed by atoms with Crippen molar-refractivity contribution in [1.82, 2.24) is 0 Å². The van der Waals surface area contributed by atoms with E-state index in [4.69, 9.17) is 9.47 Å². The summed E-state index contributed by atoms with van der Waals surface area (Å²) >= 11 is 1.47. The van der Waals surface area contributed by atoms with Crippen LogP contribution in [0.1, 0.15) is 58.8 Å². The van der Waals surface area contributed by atoms with Crippen molar-refractivity contribution in [1.29, 1.82) is 0 Å². The first-order chi connectivity index (χ1) is 10.0. The highest BCUT2D eigenvalue weighted by molar-refractivity contribution is 8.00. The van der Waals surface area contributed by atoms with Crippen LogP contribution in [0, 0.1) is 5.92 Å². The lowest BCUT2D eigenvalue weighted by Crippen LogP contribution is -2.40. The van der Waals surface area contributed by atoms with E-state index in [1.54, 1.807) is 0 Å². The predicted octanol–water partition coefficient (Wildman–Crippen LogP) is 3.33. The molecule has 0 aromatic rings. The van der Waals surface area contributed by atoms with Crippen LogP contribution in [0.25, 0.3) is 0 Å². The lowest BCUT2D eigenvalue weighted by atomic mass is 9.85. The molecule has 2 aliphatic heterocycles. The first-order valence-electron chi connectivity index (χ1n) is 8.01. The number of unbranched alkanes of at least 4 members (excludes halogenated alkanes) is 5. The molecule has 0 N–H and O–H groups in total. The Morgan fingerprint density at radius 3 is 2.43 bits per heavy atom. The topological polar surface area (TPSA) is 52.6 Å². The molecule has 0 saturated carbocycles. The molecular weight excluding hydrogens is 288 g/mol. The number of hydrogen-bond acceptors (Lipinski definition) is 5. The maximum absolute atomic E-state index is 12.0. The molecule has 2 fully saturated rings. The Labute approximate surface area is 131 Å². The molecule has 0 radical (unpaired) electrons. The van der Waals surface area contributed by atoms with E-state index in [0.717, 1.165) is 19.3 Å². The van der Waals surface area contributed by atoms with Gasteiger partial charge in [-0.2, -0.15) is 0 Å². The van der Waals surface area contributed by atoms with Gasteiger partial charge in [0.05, 0.1) is 5.92 Å². The Morgan fingerprint density at radius 2 is 1.76 bits per heavy atom. The molecule has 2 rings (SSSR count). The molecule has 0 spiro atoms. The van der Waals surface area contributed by atoms with Crippen LogP contribution in [0.5, 0.6) is 0 Å². The van der Waals surface area contributed by atoms with Gasteiger partial charge in [0.15, 0.2) is 0 Å². The molecule has 2 aliphatic rings. The number of fused-ring (bicyclic) bond motifs is 1. The average Bonchev–Trinajstić information content (AvgIpc) is 2.92. The monoisotopic (exact) mass is 314 g/mol. The van der Waals surface area contributed by atoms with Crippen molar-refractivity contribution in [2.45, 2.75) is 75.7 Å². The predicted molar refractivity (Wildman–Crippen MR) is 83.2 cm³/mol. The molecule has 2 saturated heterocycles. The second kappa shape index (κ2) is 7.03. The van der Waals surface area contributed by atoms with Crippen LogP contribution in [-0.2, 0) is 19.1 Å². The van der Waals surface area contributed by atoms with Gasteiger partial charge in [-0.3, -0.25) is 4.79 Å². The number of ether oxygens (including phenoxy) is 2. The summed E-state index contributed by atoms with van der Waals surface area (Å²) in [6.45, 7) is 4.08. The molecular formula is C16H26O4S. The van der Waals surface area contributed by atoms with Gasteiger partial charge in [0, 0.05) is 0 Å². The van der Waals surface area contributed by atoms with Crippen LogP contribution in [0.15, 0.2) is 0 Å². The maximum atomic E-state index is 12.0. The fourth-order valence-electron chi connectivity index (χ4n) is 3.35. The van der Waals surface area contributed by atoms with Crippen molar-refractivity contribution in [2.75, 3.05) is 6.26 Å². The van der Waals surface area contributed by atoms with Crippen LogP contribution < -0.4 is 0 Å². The lowest BCUT2D eigenvalue weighted by molar-refractivity contribution is -0.158. The van der Waals surface area contributed by atoms with Gasteiger partial charge in [-0.05, 0) is 26.0 Å². The average molecular weight is 314 g/mol. The molecule has 0 aromatic heterocycles. The molecule has 21 heavy (non-hydrogen) atoms. The minimum atomic E-state index is -0.681. The van der Waals surface area contributed by atoms with Crippen LogP contribution in [0.4, 0.5) is 0 Å². The standard InChI is InChI=1S/C16H26O4S/c1-4-5-6-7-8-9-10-11-12-13(14(17)19-11)20-15(18)16(12,2)21-3/h11-13H,4-10H2,1-3H3/t11-,12-,13-,16-/m1/s1. The van der Waals surface area contributed by atoms with E-state index in [0.29, 0.717) is 0 Å². The summed E-state index contributed by atoms with van der Waals surface area (Å²) < 4.78 is 10.1. The van der Waals surface area contributed by atoms with Gasteiger partial charge in [-0.1, -0.05) is 39.0 Å². The Kier molecular flexibility index (Phi) is 5.58. The number of hydrogen-bond donors (Lipinski definition) is 0. The normalized spacial score (nSPS) is 34.7. The quantitative estimate of drug-likeness (QED) is 0.508. The van der Waals surface area contributed by atoms with E-state index in [9.17, 15) is 9.59 Å². The Bertz CT molecular complexity index is 398. The zero-order valence-corrected chi connectivity index (χ0v) is 14.0. The Hall–Kier alpha value is -0.710. The van der Waals surface area contributed by atoms with Crippen molar-refractivity contribution < 1.29 is 19.1 Å². The van der Waals surface area contributed by atoms with Gasteiger partial charge in [-0.25, -0.2) is 4.79 Å². The Morgan fingerprint density at radius 1 is 1.10 bits per heavy atom. The first kappa shape index (κ1) is 16.7. The van der Waals surface area contributed by atoms with Gasteiger partial charge in [-0.15, -0.1) is 11.8 Å². The zero-order chi connectivity index (χ0) is 15.5. The van der Waals surface area contributed by atoms with E-state index in [-0.39, 0.29) is 24.0 Å². The minimum Gasteiger partial charge on any atom is -0.459 e. The highest BCUT2D eigenvalue weighted by atomic mass is 32.2. The van der Waals surface area contributed by atoms with Gasteiger partial charge < -0.3 is 9.47 Å². The summed E-state index contributed by atoms with van der Waals surface area (Å²) in [5.74, 6) is -0.764. The smallest absolute Gasteiger partial charge is 0.348 e. The van der Waals surface area contributed by atoms with Gasteiger partial charge >= 0.3 is 11.9 Å². The summed E-state index contributed by atoms with van der Waals surface area (Å²) in [4.78, 5) is 23.9. The van der Waals surface area contributed by atoms with Crippen LogP contribution >= 0.6 is 11.8 Å². The summed E-state index contributed by atoms with van der Waals surface area (Å²) in [5, 5.41) is 0. The van der Waals surface area contributed by atoms with E-state index in [2.05, 4.69) is 6.92 Å². The summed E-state index contributed by atoms with van der Waals surface area (Å²) in [6, 6.07) is 0. The van der Waals surface area contributed by atoms with E-state index in [1.807, 2.05) is 13.2 Å². The third-order valence-electron chi connectivity index (χ3n) is 4.77. The van der Waals surface area contributed by atoms with Crippen molar-refractivity contribution in [3.8, 4) is 0 Å². The van der Waals surface area contributed by atoms with Crippen molar-refractivity contribution in [3.63, 3.8) is 0 Å². The zero-order valence-electron chi connectivity index (χ0n) is 13.2. The van der Waals surface area contributed by atoms with Gasteiger partial charge in [0.25, 0.3) is 0 Å². The number of thioether (sulfide) groups is 1. The van der Waals surface area contributed by atoms with E-state index >= 15 is 0 Å². The molecule has 120 valence electrons. The number of rotatable bonds is 8. The van der Waals surface area contributed by atoms with Crippen LogP contribution in [-0.4, -0.2) is 35.1 Å². The van der Waals surface area contributed by atoms with Crippen molar-refractivity contribution in [3.05, 3.63) is 0 Å². The van der Waals surface area contributed by atoms with Crippen molar-refractivity contribution in [2.24, 2.45) is 5.92 Å². The Balaban J connectivity index is 1.88. The first-order valence-corrected chi connectivity index (χ1v) is 9.23. The van der Waals surface area contributed by atoms with Crippen LogP contribution in [0.2, 0.25) is 0 Å². The second-order valence-corrected chi connectivity index (χ2v) is 7.45.